The van der Waals surface area contributed by atoms with Crippen LogP contribution in [0.2, 0.25) is 0 Å². The molecular formula is C21H34IN5O2. The number of carbonyl (C=O) groups excluding carboxylic acids is 1. The molecule has 0 atom stereocenters. The molecule has 7 nitrogen and oxygen atoms in total. The second kappa shape index (κ2) is 12.9. The average molecular weight is 515 g/mol. The van der Waals surface area contributed by atoms with Crippen molar-refractivity contribution in [1.29, 1.82) is 0 Å². The molecule has 0 bridgehead atoms. The van der Waals surface area contributed by atoms with Gasteiger partial charge in [0.1, 0.15) is 6.10 Å². The van der Waals surface area contributed by atoms with Gasteiger partial charge in [-0.15, -0.1) is 24.0 Å². The first-order valence-corrected chi connectivity index (χ1v) is 10.7. The minimum atomic E-state index is 0. The molecule has 0 radical (unpaired) electrons. The Balaban J connectivity index is 0.00000300. The van der Waals surface area contributed by atoms with Gasteiger partial charge >= 0.3 is 0 Å². The number of hydrogen-bond acceptors (Lipinski definition) is 4. The van der Waals surface area contributed by atoms with E-state index in [4.69, 9.17) is 4.74 Å². The number of aliphatic imine (C=N–C) groups is 1. The molecule has 0 spiro atoms. The highest BCUT2D eigenvalue weighted by molar-refractivity contribution is 14.0. The van der Waals surface area contributed by atoms with Crippen molar-refractivity contribution in [3.05, 3.63) is 23.9 Å². The summed E-state index contributed by atoms with van der Waals surface area (Å²) in [6.45, 7) is 5.95. The van der Waals surface area contributed by atoms with E-state index in [9.17, 15) is 4.79 Å². The molecule has 29 heavy (non-hydrogen) atoms. The summed E-state index contributed by atoms with van der Waals surface area (Å²) in [6, 6.07) is 3.97. The second-order valence-corrected chi connectivity index (χ2v) is 7.49. The number of nitrogens with zero attached hydrogens (tertiary/aromatic N) is 3. The number of pyridine rings is 1. The topological polar surface area (TPSA) is 78.9 Å². The Morgan fingerprint density at radius 1 is 1.31 bits per heavy atom. The fraction of sp³-hybridized carbons (Fsp3) is 0.667. The number of nitrogens with one attached hydrogen (secondary N) is 2. The van der Waals surface area contributed by atoms with Crippen LogP contribution in [-0.4, -0.2) is 54.0 Å². The molecule has 1 aliphatic heterocycles. The third kappa shape index (κ3) is 7.98. The fourth-order valence-electron chi connectivity index (χ4n) is 3.72. The molecule has 0 aromatic carbocycles. The summed E-state index contributed by atoms with van der Waals surface area (Å²) in [5, 5.41) is 6.63. The van der Waals surface area contributed by atoms with Gasteiger partial charge in [-0.25, -0.2) is 9.98 Å². The maximum absolute atomic E-state index is 11.7. The molecule has 2 aliphatic rings. The van der Waals surface area contributed by atoms with Crippen LogP contribution in [0.1, 0.15) is 57.4 Å². The largest absolute Gasteiger partial charge is 0.474 e. The number of carbonyl (C=O) groups is 1. The van der Waals surface area contributed by atoms with E-state index in [1.54, 1.807) is 6.20 Å². The van der Waals surface area contributed by atoms with Crippen molar-refractivity contribution < 1.29 is 9.53 Å². The molecule has 2 heterocycles. The van der Waals surface area contributed by atoms with E-state index in [1.165, 1.54) is 12.8 Å². The average Bonchev–Trinajstić information content (AvgIpc) is 3.35. The monoisotopic (exact) mass is 515 g/mol. The van der Waals surface area contributed by atoms with E-state index in [-0.39, 0.29) is 29.9 Å². The second-order valence-electron chi connectivity index (χ2n) is 7.49. The van der Waals surface area contributed by atoms with Crippen molar-refractivity contribution in [1.82, 2.24) is 20.5 Å². The van der Waals surface area contributed by atoms with Gasteiger partial charge in [0.2, 0.25) is 11.8 Å². The molecule has 1 saturated carbocycles. The van der Waals surface area contributed by atoms with Gasteiger partial charge in [-0.05, 0) is 57.1 Å². The summed E-state index contributed by atoms with van der Waals surface area (Å²) in [7, 11) is 0. The van der Waals surface area contributed by atoms with Gasteiger partial charge in [-0.2, -0.15) is 0 Å². The SMILES string of the molecule is CCNC(=NCc1ccnc(OC2CCCC2)c1)NCCCN1CCCC1=O.I. The van der Waals surface area contributed by atoms with Crippen LogP contribution in [0.15, 0.2) is 23.3 Å². The van der Waals surface area contributed by atoms with E-state index in [1.807, 2.05) is 17.0 Å². The van der Waals surface area contributed by atoms with Crippen LogP contribution >= 0.6 is 24.0 Å². The Bertz CT molecular complexity index is 664. The predicted molar refractivity (Wildman–Crippen MR) is 126 cm³/mol. The van der Waals surface area contributed by atoms with Crippen molar-refractivity contribution in [3.63, 3.8) is 0 Å². The van der Waals surface area contributed by atoms with Crippen LogP contribution in [0.5, 0.6) is 5.88 Å². The van der Waals surface area contributed by atoms with E-state index >= 15 is 0 Å². The smallest absolute Gasteiger partial charge is 0.222 e. The molecule has 2 N–H and O–H groups in total. The van der Waals surface area contributed by atoms with Gasteiger partial charge in [0.15, 0.2) is 5.96 Å². The number of hydrogen-bond donors (Lipinski definition) is 2. The van der Waals surface area contributed by atoms with E-state index in [2.05, 4.69) is 27.5 Å². The summed E-state index contributed by atoms with van der Waals surface area (Å²) in [4.78, 5) is 22.6. The van der Waals surface area contributed by atoms with Crippen molar-refractivity contribution in [2.24, 2.45) is 4.99 Å². The lowest BCUT2D eigenvalue weighted by Crippen LogP contribution is -2.39. The summed E-state index contributed by atoms with van der Waals surface area (Å²) in [5.74, 6) is 1.78. The van der Waals surface area contributed by atoms with Gasteiger partial charge in [-0.3, -0.25) is 4.79 Å². The fourth-order valence-corrected chi connectivity index (χ4v) is 3.72. The summed E-state index contributed by atoms with van der Waals surface area (Å²) < 4.78 is 5.98. The molecule has 3 rings (SSSR count). The Morgan fingerprint density at radius 3 is 2.86 bits per heavy atom. The minimum Gasteiger partial charge on any atom is -0.474 e. The molecule has 162 valence electrons. The van der Waals surface area contributed by atoms with Crippen molar-refractivity contribution in [2.75, 3.05) is 26.2 Å². The van der Waals surface area contributed by atoms with E-state index in [0.717, 1.165) is 63.4 Å². The standard InChI is InChI=1S/C21H33N5O2.HI/c1-2-22-21(24-11-6-14-26-13-5-9-20(26)27)25-16-17-10-12-23-19(15-17)28-18-7-3-4-8-18;/h10,12,15,18H,2-9,11,13-14,16H2,1H3,(H2,22,24,25);1H. The number of rotatable bonds is 9. The number of aromatic nitrogens is 1. The summed E-state index contributed by atoms with van der Waals surface area (Å²) in [6.07, 6.45) is 9.48. The molecule has 1 saturated heterocycles. The van der Waals surface area contributed by atoms with Crippen molar-refractivity contribution in [2.45, 2.75) is 64.5 Å². The zero-order chi connectivity index (χ0) is 19.6. The third-order valence-electron chi connectivity index (χ3n) is 5.22. The Morgan fingerprint density at radius 2 is 2.14 bits per heavy atom. The molecule has 1 aromatic rings. The van der Waals surface area contributed by atoms with Crippen LogP contribution in [0.25, 0.3) is 0 Å². The van der Waals surface area contributed by atoms with Crippen LogP contribution in [-0.2, 0) is 11.3 Å². The normalized spacial score (nSPS) is 17.3. The van der Waals surface area contributed by atoms with Crippen molar-refractivity contribution in [3.8, 4) is 5.88 Å². The maximum atomic E-state index is 11.7. The van der Waals surface area contributed by atoms with Crippen LogP contribution in [0.4, 0.5) is 0 Å². The van der Waals surface area contributed by atoms with E-state index < -0.39 is 0 Å². The lowest BCUT2D eigenvalue weighted by Gasteiger charge is -2.16. The highest BCUT2D eigenvalue weighted by Gasteiger charge is 2.19. The van der Waals surface area contributed by atoms with Crippen LogP contribution in [0, 0.1) is 0 Å². The molecule has 0 unspecified atom stereocenters. The lowest BCUT2D eigenvalue weighted by molar-refractivity contribution is -0.127. The lowest BCUT2D eigenvalue weighted by atomic mass is 10.2. The number of guanidine groups is 1. The van der Waals surface area contributed by atoms with Gasteiger partial charge < -0.3 is 20.3 Å². The molecule has 1 aliphatic carbocycles. The first kappa shape index (κ1) is 23.7. The maximum Gasteiger partial charge on any atom is 0.222 e. The van der Waals surface area contributed by atoms with Gasteiger partial charge in [0, 0.05) is 44.9 Å². The molecule has 8 heteroatoms. The highest BCUT2D eigenvalue weighted by atomic mass is 127. The number of ether oxygens (including phenoxy) is 1. The Kier molecular flexibility index (Phi) is 10.5. The van der Waals surface area contributed by atoms with Gasteiger partial charge in [0.05, 0.1) is 6.54 Å². The predicted octanol–water partition coefficient (Wildman–Crippen LogP) is 3.09. The Labute approximate surface area is 191 Å². The molecular weight excluding hydrogens is 481 g/mol. The van der Waals surface area contributed by atoms with Crippen molar-refractivity contribution >= 4 is 35.8 Å². The summed E-state index contributed by atoms with van der Waals surface area (Å²) in [5.41, 5.74) is 1.09. The quantitative estimate of drug-likeness (QED) is 0.229. The highest BCUT2D eigenvalue weighted by Crippen LogP contribution is 2.23. The zero-order valence-electron chi connectivity index (χ0n) is 17.4. The zero-order valence-corrected chi connectivity index (χ0v) is 19.7. The first-order chi connectivity index (χ1) is 13.7. The third-order valence-corrected chi connectivity index (χ3v) is 5.22. The van der Waals surface area contributed by atoms with Gasteiger partial charge in [-0.1, -0.05) is 0 Å². The number of likely N-dealkylation sites (tertiary alicyclic amines) is 1. The summed E-state index contributed by atoms with van der Waals surface area (Å²) >= 11 is 0. The first-order valence-electron chi connectivity index (χ1n) is 10.7. The molecule has 2 fully saturated rings. The van der Waals surface area contributed by atoms with Crippen LogP contribution < -0.4 is 15.4 Å². The Hall–Kier alpha value is -1.58. The van der Waals surface area contributed by atoms with E-state index in [0.29, 0.717) is 24.9 Å². The minimum absolute atomic E-state index is 0. The molecule has 1 aromatic heterocycles. The number of amides is 1. The molecule has 1 amide bonds. The van der Waals surface area contributed by atoms with Crippen LogP contribution in [0.3, 0.4) is 0 Å². The van der Waals surface area contributed by atoms with Gasteiger partial charge in [0.25, 0.3) is 0 Å². The number of halogens is 1.